The number of unbranched alkanes of at least 4 members (excludes halogenated alkanes) is 1. The molecule has 0 saturated heterocycles. The Kier molecular flexibility index (Phi) is 10.6. The highest BCUT2D eigenvalue weighted by molar-refractivity contribution is 5.86. The first-order valence-electron chi connectivity index (χ1n) is 8.90. The molecule has 0 aliphatic carbocycles. The van der Waals surface area contributed by atoms with Crippen LogP contribution in [0.1, 0.15) is 73.1 Å². The number of carbonyl (C=O) groups is 4. The van der Waals surface area contributed by atoms with E-state index in [1.807, 2.05) is 20.8 Å². The zero-order valence-electron chi connectivity index (χ0n) is 15.9. The molecular formula is C19H33NO4. The maximum atomic E-state index is 12.1. The van der Waals surface area contributed by atoms with Gasteiger partial charge in [0.1, 0.15) is 23.1 Å². The minimum Gasteiger partial charge on any atom is -0.299 e. The Hall–Kier alpha value is -1.36. The maximum Gasteiger partial charge on any atom is 0.146 e. The summed E-state index contributed by atoms with van der Waals surface area (Å²) in [6.07, 6.45) is 3.04. The Labute approximate surface area is 146 Å². The molecule has 0 aromatic carbocycles. The standard InChI is InChI=1S/C19H33NO4/c1-6-15(21)12-20(13-16(22)7-2)14-17(23)10-8-9-11-18(24)19(3,4)5/h6-14H2,1-5H3. The molecule has 0 saturated carbocycles. The number of carbonyl (C=O) groups excluding carboxylic acids is 4. The molecule has 138 valence electrons. The summed E-state index contributed by atoms with van der Waals surface area (Å²) in [6.45, 7) is 9.67. The van der Waals surface area contributed by atoms with Crippen molar-refractivity contribution in [2.75, 3.05) is 19.6 Å². The van der Waals surface area contributed by atoms with Gasteiger partial charge in [0.25, 0.3) is 0 Å². The Morgan fingerprint density at radius 1 is 0.708 bits per heavy atom. The Morgan fingerprint density at radius 3 is 1.54 bits per heavy atom. The molecule has 0 aliphatic rings. The van der Waals surface area contributed by atoms with Gasteiger partial charge in [-0.1, -0.05) is 34.6 Å². The SMILES string of the molecule is CCC(=O)CN(CC(=O)CC)CC(=O)CCCCC(=O)C(C)(C)C. The lowest BCUT2D eigenvalue weighted by atomic mass is 9.88. The number of nitrogens with zero attached hydrogens (tertiary/aromatic N) is 1. The van der Waals surface area contributed by atoms with E-state index in [4.69, 9.17) is 0 Å². The second kappa shape index (κ2) is 11.2. The number of Topliss-reactive ketones (excluding diaryl/α,β-unsaturated/α-hetero) is 4. The van der Waals surface area contributed by atoms with Crippen LogP contribution in [0.25, 0.3) is 0 Å². The quantitative estimate of drug-likeness (QED) is 0.482. The molecule has 0 bridgehead atoms. The summed E-state index contributed by atoms with van der Waals surface area (Å²) >= 11 is 0. The molecule has 0 aliphatic heterocycles. The average Bonchev–Trinajstić information content (AvgIpc) is 2.49. The fraction of sp³-hybridized carbons (Fsp3) is 0.789. The van der Waals surface area contributed by atoms with Crippen molar-refractivity contribution in [3.8, 4) is 0 Å². The van der Waals surface area contributed by atoms with Crippen molar-refractivity contribution in [1.29, 1.82) is 0 Å². The molecule has 24 heavy (non-hydrogen) atoms. The lowest BCUT2D eigenvalue weighted by molar-refractivity contribution is -0.127. The Morgan fingerprint density at radius 2 is 1.12 bits per heavy atom. The van der Waals surface area contributed by atoms with Crippen LogP contribution in [-0.4, -0.2) is 47.7 Å². The largest absolute Gasteiger partial charge is 0.299 e. The van der Waals surface area contributed by atoms with E-state index in [2.05, 4.69) is 0 Å². The average molecular weight is 339 g/mol. The van der Waals surface area contributed by atoms with Crippen LogP contribution in [0.15, 0.2) is 0 Å². The summed E-state index contributed by atoms with van der Waals surface area (Å²) < 4.78 is 0. The van der Waals surface area contributed by atoms with E-state index in [0.717, 1.165) is 0 Å². The van der Waals surface area contributed by atoms with Gasteiger partial charge < -0.3 is 0 Å². The van der Waals surface area contributed by atoms with Crippen LogP contribution >= 0.6 is 0 Å². The van der Waals surface area contributed by atoms with Crippen molar-refractivity contribution in [2.24, 2.45) is 5.41 Å². The van der Waals surface area contributed by atoms with Crippen LogP contribution in [0.4, 0.5) is 0 Å². The van der Waals surface area contributed by atoms with E-state index in [0.29, 0.717) is 38.5 Å². The van der Waals surface area contributed by atoms with Gasteiger partial charge in [-0.05, 0) is 12.8 Å². The first-order valence-corrected chi connectivity index (χ1v) is 8.90. The monoisotopic (exact) mass is 339 g/mol. The predicted octanol–water partition coefficient (Wildman–Crippen LogP) is 2.99. The highest BCUT2D eigenvalue weighted by Gasteiger charge is 2.20. The molecule has 0 aromatic heterocycles. The summed E-state index contributed by atoms with van der Waals surface area (Å²) in [5, 5.41) is 0. The van der Waals surface area contributed by atoms with Gasteiger partial charge in [-0.3, -0.25) is 24.1 Å². The minimum absolute atomic E-state index is 0.0195. The molecule has 0 atom stereocenters. The Balaban J connectivity index is 4.28. The van der Waals surface area contributed by atoms with Crippen LogP contribution in [0.5, 0.6) is 0 Å². The summed E-state index contributed by atoms with van der Waals surface area (Å²) in [5.74, 6) is 0.287. The Bertz CT molecular complexity index is 431. The smallest absolute Gasteiger partial charge is 0.146 e. The van der Waals surface area contributed by atoms with Gasteiger partial charge in [0.05, 0.1) is 19.6 Å². The molecule has 0 heterocycles. The van der Waals surface area contributed by atoms with Gasteiger partial charge in [-0.15, -0.1) is 0 Å². The van der Waals surface area contributed by atoms with Crippen LogP contribution < -0.4 is 0 Å². The van der Waals surface area contributed by atoms with Crippen LogP contribution in [0, 0.1) is 5.41 Å². The normalized spacial score (nSPS) is 11.6. The number of hydrogen-bond donors (Lipinski definition) is 0. The van der Waals surface area contributed by atoms with E-state index in [1.165, 1.54) is 0 Å². The van der Waals surface area contributed by atoms with E-state index >= 15 is 0 Å². The van der Waals surface area contributed by atoms with Crippen LogP contribution in [0.2, 0.25) is 0 Å². The van der Waals surface area contributed by atoms with E-state index in [1.54, 1.807) is 18.7 Å². The first kappa shape index (κ1) is 22.6. The molecule has 5 heteroatoms. The van der Waals surface area contributed by atoms with Gasteiger partial charge in [0.15, 0.2) is 0 Å². The maximum absolute atomic E-state index is 12.1. The number of rotatable bonds is 13. The molecule has 0 N–H and O–H groups in total. The van der Waals surface area contributed by atoms with Crippen molar-refractivity contribution in [2.45, 2.75) is 73.1 Å². The summed E-state index contributed by atoms with van der Waals surface area (Å²) in [7, 11) is 0. The zero-order valence-corrected chi connectivity index (χ0v) is 15.9. The van der Waals surface area contributed by atoms with Gasteiger partial charge >= 0.3 is 0 Å². The molecule has 0 aromatic rings. The van der Waals surface area contributed by atoms with Crippen molar-refractivity contribution >= 4 is 23.1 Å². The fourth-order valence-electron chi connectivity index (χ4n) is 2.20. The number of ketones is 4. The molecule has 0 spiro atoms. The molecule has 5 nitrogen and oxygen atoms in total. The minimum atomic E-state index is -0.332. The van der Waals surface area contributed by atoms with Gasteiger partial charge in [0, 0.05) is 31.1 Å². The first-order chi connectivity index (χ1) is 11.1. The highest BCUT2D eigenvalue weighted by Crippen LogP contribution is 2.18. The number of hydrogen-bond acceptors (Lipinski definition) is 5. The van der Waals surface area contributed by atoms with Crippen molar-refractivity contribution in [3.05, 3.63) is 0 Å². The second-order valence-corrected chi connectivity index (χ2v) is 7.35. The molecule has 0 rings (SSSR count). The molecule has 0 amide bonds. The third-order valence-corrected chi connectivity index (χ3v) is 3.93. The lowest BCUT2D eigenvalue weighted by Crippen LogP contribution is -2.38. The third-order valence-electron chi connectivity index (χ3n) is 3.93. The fourth-order valence-corrected chi connectivity index (χ4v) is 2.20. The van der Waals surface area contributed by atoms with Crippen LogP contribution in [0.3, 0.4) is 0 Å². The molecule has 0 unspecified atom stereocenters. The van der Waals surface area contributed by atoms with Crippen molar-refractivity contribution in [1.82, 2.24) is 4.90 Å². The third kappa shape index (κ3) is 10.4. The van der Waals surface area contributed by atoms with Gasteiger partial charge in [-0.25, -0.2) is 0 Å². The van der Waals surface area contributed by atoms with Crippen molar-refractivity contribution < 1.29 is 19.2 Å². The van der Waals surface area contributed by atoms with E-state index in [9.17, 15) is 19.2 Å². The highest BCUT2D eigenvalue weighted by atomic mass is 16.1. The van der Waals surface area contributed by atoms with Crippen LogP contribution in [-0.2, 0) is 19.2 Å². The molecular weight excluding hydrogens is 306 g/mol. The lowest BCUT2D eigenvalue weighted by Gasteiger charge is -2.19. The topological polar surface area (TPSA) is 71.5 Å². The summed E-state index contributed by atoms with van der Waals surface area (Å²) in [6, 6.07) is 0. The van der Waals surface area contributed by atoms with Gasteiger partial charge in [0.2, 0.25) is 0 Å². The summed E-state index contributed by atoms with van der Waals surface area (Å²) in [5.41, 5.74) is -0.332. The second-order valence-electron chi connectivity index (χ2n) is 7.35. The van der Waals surface area contributed by atoms with E-state index < -0.39 is 0 Å². The van der Waals surface area contributed by atoms with Crippen molar-refractivity contribution in [3.63, 3.8) is 0 Å². The summed E-state index contributed by atoms with van der Waals surface area (Å²) in [4.78, 5) is 48.8. The predicted molar refractivity (Wildman–Crippen MR) is 95.0 cm³/mol. The van der Waals surface area contributed by atoms with Gasteiger partial charge in [-0.2, -0.15) is 0 Å². The molecule has 0 radical (unpaired) electrons. The molecule has 0 fully saturated rings. The zero-order chi connectivity index (χ0) is 18.8. The van der Waals surface area contributed by atoms with E-state index in [-0.39, 0.29) is 48.2 Å².